The van der Waals surface area contributed by atoms with E-state index in [4.69, 9.17) is 5.73 Å². The molecule has 9 heteroatoms. The molecule has 0 saturated carbocycles. The maximum absolute atomic E-state index is 13.5. The molecule has 1 fully saturated rings. The van der Waals surface area contributed by atoms with Gasteiger partial charge >= 0.3 is 6.18 Å². The number of aryl methyl sites for hydroxylation is 1. The van der Waals surface area contributed by atoms with E-state index >= 15 is 0 Å². The molecule has 1 aliphatic heterocycles. The zero-order valence-electron chi connectivity index (χ0n) is 19.4. The maximum atomic E-state index is 13.5. The van der Waals surface area contributed by atoms with Crippen LogP contribution in [0.4, 0.5) is 24.8 Å². The molecule has 2 heterocycles. The number of nitrogens with zero attached hydrogens (tertiary/aromatic N) is 2. The second-order valence-corrected chi connectivity index (χ2v) is 8.25. The van der Waals surface area contributed by atoms with E-state index in [1.807, 2.05) is 24.3 Å². The number of aromatic nitrogens is 2. The van der Waals surface area contributed by atoms with Crippen LogP contribution in [0.25, 0.3) is 0 Å². The number of allylic oxidation sites excluding steroid dienone is 5. The molecule has 1 aromatic carbocycles. The molecule has 1 aromatic heterocycles. The van der Waals surface area contributed by atoms with Crippen LogP contribution in [0.3, 0.4) is 0 Å². The molecule has 0 bridgehead atoms. The lowest BCUT2D eigenvalue weighted by atomic mass is 9.97. The number of alkyl halides is 3. The van der Waals surface area contributed by atoms with Crippen molar-refractivity contribution in [2.75, 3.05) is 11.9 Å². The fraction of sp³-hybridized carbons (Fsp3) is 0.346. The Balaban J connectivity index is 1.62. The van der Waals surface area contributed by atoms with Crippen molar-refractivity contribution in [1.82, 2.24) is 15.3 Å². The number of amides is 1. The highest BCUT2D eigenvalue weighted by atomic mass is 19.4. The van der Waals surface area contributed by atoms with Crippen LogP contribution < -0.4 is 16.4 Å². The van der Waals surface area contributed by atoms with Crippen molar-refractivity contribution < 1.29 is 18.0 Å². The summed E-state index contributed by atoms with van der Waals surface area (Å²) in [5, 5.41) is 6.51. The normalized spacial score (nSPS) is 16.9. The van der Waals surface area contributed by atoms with E-state index in [1.54, 1.807) is 36.5 Å². The summed E-state index contributed by atoms with van der Waals surface area (Å²) in [6, 6.07) is 8.13. The van der Waals surface area contributed by atoms with E-state index in [1.165, 1.54) is 18.4 Å². The third-order valence-electron chi connectivity index (χ3n) is 5.52. The van der Waals surface area contributed by atoms with Gasteiger partial charge in [0.25, 0.3) is 0 Å². The van der Waals surface area contributed by atoms with Crippen LogP contribution in [-0.4, -0.2) is 22.4 Å². The Hall–Kier alpha value is -3.46. The number of carbonyl (C=O) groups excluding carboxylic acids is 1. The Morgan fingerprint density at radius 2 is 1.86 bits per heavy atom. The van der Waals surface area contributed by atoms with Crippen molar-refractivity contribution in [1.29, 1.82) is 0 Å². The van der Waals surface area contributed by atoms with E-state index in [-0.39, 0.29) is 24.5 Å². The molecule has 35 heavy (non-hydrogen) atoms. The lowest BCUT2D eigenvalue weighted by molar-refractivity contribution is -0.138. The van der Waals surface area contributed by atoms with Crippen molar-refractivity contribution in [3.05, 3.63) is 83.7 Å². The van der Waals surface area contributed by atoms with Gasteiger partial charge in [-0.25, -0.2) is 9.97 Å². The summed E-state index contributed by atoms with van der Waals surface area (Å²) in [7, 11) is 0. The molecule has 3 rings (SSSR count). The molecule has 6 nitrogen and oxygen atoms in total. The van der Waals surface area contributed by atoms with Gasteiger partial charge in [0.05, 0.1) is 11.3 Å². The first-order valence-corrected chi connectivity index (χ1v) is 11.6. The number of halogens is 3. The van der Waals surface area contributed by atoms with Crippen LogP contribution in [0.5, 0.6) is 0 Å². The fourth-order valence-electron chi connectivity index (χ4n) is 3.75. The predicted molar refractivity (Wildman–Crippen MR) is 131 cm³/mol. The molecule has 1 unspecified atom stereocenters. The topological polar surface area (TPSA) is 92.9 Å². The van der Waals surface area contributed by atoms with Gasteiger partial charge in [-0.3, -0.25) is 4.79 Å². The molecule has 0 spiro atoms. The van der Waals surface area contributed by atoms with Gasteiger partial charge in [-0.15, -0.1) is 0 Å². The van der Waals surface area contributed by atoms with E-state index in [0.29, 0.717) is 18.2 Å². The van der Waals surface area contributed by atoms with E-state index in [2.05, 4.69) is 20.6 Å². The van der Waals surface area contributed by atoms with Crippen LogP contribution in [0, 0.1) is 0 Å². The van der Waals surface area contributed by atoms with Crippen molar-refractivity contribution >= 4 is 17.5 Å². The second-order valence-electron chi connectivity index (χ2n) is 8.25. The van der Waals surface area contributed by atoms with Crippen LogP contribution in [0.15, 0.2) is 66.9 Å². The first-order chi connectivity index (χ1) is 16.8. The molecule has 4 N–H and O–H groups in total. The molecule has 1 atom stereocenters. The van der Waals surface area contributed by atoms with Crippen molar-refractivity contribution in [3.8, 4) is 0 Å². The van der Waals surface area contributed by atoms with Gasteiger partial charge in [-0.05, 0) is 49.9 Å². The average molecular weight is 486 g/mol. The molecule has 0 aliphatic carbocycles. The van der Waals surface area contributed by atoms with Crippen LogP contribution in [0.1, 0.15) is 55.0 Å². The minimum absolute atomic E-state index is 0.0620. The summed E-state index contributed by atoms with van der Waals surface area (Å²) < 4.78 is 40.4. The Kier molecular flexibility index (Phi) is 9.60. The van der Waals surface area contributed by atoms with E-state index < -0.39 is 17.6 Å². The summed E-state index contributed by atoms with van der Waals surface area (Å²) in [6.45, 7) is 1.01. The second kappa shape index (κ2) is 12.9. The fourth-order valence-corrected chi connectivity index (χ4v) is 3.75. The van der Waals surface area contributed by atoms with Gasteiger partial charge < -0.3 is 16.4 Å². The Labute approximate surface area is 203 Å². The predicted octanol–water partition coefficient (Wildman–Crippen LogP) is 5.53. The van der Waals surface area contributed by atoms with Gasteiger partial charge in [0.15, 0.2) is 0 Å². The Morgan fingerprint density at radius 3 is 2.51 bits per heavy atom. The number of anilines is 2. The Bertz CT molecular complexity index is 1060. The summed E-state index contributed by atoms with van der Waals surface area (Å²) in [5.74, 6) is -0.293. The van der Waals surface area contributed by atoms with Gasteiger partial charge in [-0.1, -0.05) is 55.0 Å². The lowest BCUT2D eigenvalue weighted by Gasteiger charge is -2.24. The molecule has 1 amide bonds. The standard InChI is InChI=1S/C26H30F3N5O/c27-26(28,29)21-18-32-25(33-20-15-13-19(14-16-20)22-10-8-9-17-31-22)34-23(21)11-6-4-2-1-3-5-7-12-24(30)35/h1-5,7,13-16,18,22,31H,6,8-12,17H2,(H2,30,35)(H,32,33,34). The lowest BCUT2D eigenvalue weighted by Crippen LogP contribution is -2.26. The third kappa shape index (κ3) is 8.68. The smallest absolute Gasteiger partial charge is 0.369 e. The van der Waals surface area contributed by atoms with E-state index in [9.17, 15) is 18.0 Å². The minimum Gasteiger partial charge on any atom is -0.369 e. The SMILES string of the molecule is NC(=O)CC=CC=CC=CCCc1nc(Nc2ccc(C3CCCCN3)cc2)ncc1C(F)(F)F. The molecular weight excluding hydrogens is 455 g/mol. The number of hydrogen-bond acceptors (Lipinski definition) is 5. The number of benzene rings is 1. The van der Waals surface area contributed by atoms with Crippen LogP contribution in [0.2, 0.25) is 0 Å². The summed E-state index contributed by atoms with van der Waals surface area (Å²) >= 11 is 0. The number of nitrogens with two attached hydrogens (primary N) is 1. The monoisotopic (exact) mass is 485 g/mol. The first kappa shape index (κ1) is 26.2. The van der Waals surface area contributed by atoms with Crippen LogP contribution >= 0.6 is 0 Å². The molecule has 0 radical (unpaired) electrons. The molecule has 186 valence electrons. The van der Waals surface area contributed by atoms with Gasteiger partial charge in [0, 0.05) is 24.3 Å². The summed E-state index contributed by atoms with van der Waals surface area (Å²) in [5.41, 5.74) is 6.04. The van der Waals surface area contributed by atoms with E-state index in [0.717, 1.165) is 19.2 Å². The van der Waals surface area contributed by atoms with Gasteiger partial charge in [-0.2, -0.15) is 13.2 Å². The first-order valence-electron chi connectivity index (χ1n) is 11.6. The number of carbonyl (C=O) groups is 1. The zero-order chi connectivity index (χ0) is 25.1. The average Bonchev–Trinajstić information content (AvgIpc) is 2.83. The Morgan fingerprint density at radius 1 is 1.11 bits per heavy atom. The quantitative estimate of drug-likeness (QED) is 0.385. The highest BCUT2D eigenvalue weighted by Gasteiger charge is 2.34. The van der Waals surface area contributed by atoms with Gasteiger partial charge in [0.2, 0.25) is 11.9 Å². The largest absolute Gasteiger partial charge is 0.419 e. The highest BCUT2D eigenvalue weighted by Crippen LogP contribution is 2.32. The summed E-state index contributed by atoms with van der Waals surface area (Å²) in [4.78, 5) is 18.7. The maximum Gasteiger partial charge on any atom is 0.419 e. The molecule has 2 aromatic rings. The number of nitrogens with one attached hydrogen (secondary N) is 2. The summed E-state index contributed by atoms with van der Waals surface area (Å²) in [6.07, 6.45) is 10.6. The third-order valence-corrected chi connectivity index (χ3v) is 5.52. The molecular formula is C26H30F3N5O. The van der Waals surface area contributed by atoms with Gasteiger partial charge in [0.1, 0.15) is 0 Å². The number of primary amides is 1. The van der Waals surface area contributed by atoms with Crippen molar-refractivity contribution in [2.45, 2.75) is 50.7 Å². The van der Waals surface area contributed by atoms with Crippen LogP contribution in [-0.2, 0) is 17.4 Å². The highest BCUT2D eigenvalue weighted by molar-refractivity contribution is 5.75. The number of rotatable bonds is 10. The van der Waals surface area contributed by atoms with Crippen molar-refractivity contribution in [3.63, 3.8) is 0 Å². The molecule has 1 saturated heterocycles. The minimum atomic E-state index is -4.53. The molecule has 1 aliphatic rings. The zero-order valence-corrected chi connectivity index (χ0v) is 19.4. The number of piperidine rings is 1. The number of hydrogen-bond donors (Lipinski definition) is 3. The van der Waals surface area contributed by atoms with Crippen molar-refractivity contribution in [2.24, 2.45) is 5.73 Å².